The predicted octanol–water partition coefficient (Wildman–Crippen LogP) is 1.98. The van der Waals surface area contributed by atoms with Crippen molar-refractivity contribution in [2.75, 3.05) is 27.3 Å². The van der Waals surface area contributed by atoms with Crippen molar-refractivity contribution in [3.63, 3.8) is 0 Å². The summed E-state index contributed by atoms with van der Waals surface area (Å²) in [6.07, 6.45) is 4.84. The standard InChI is InChI=1S/C17H26N2O3/c1-21-15-7-6-13(11-16(15)22-2)8-10-19-9-4-3-5-14(19)12-17(18)20/h6-7,11,14H,3-5,8-10,12H2,1-2H3,(H2,18,20). The van der Waals surface area contributed by atoms with E-state index < -0.39 is 0 Å². The van der Waals surface area contributed by atoms with Crippen LogP contribution in [0.2, 0.25) is 0 Å². The van der Waals surface area contributed by atoms with E-state index >= 15 is 0 Å². The summed E-state index contributed by atoms with van der Waals surface area (Å²) in [6, 6.07) is 6.32. The third-order valence-electron chi connectivity index (χ3n) is 4.32. The maximum Gasteiger partial charge on any atom is 0.218 e. The molecule has 1 atom stereocenters. The number of piperidine rings is 1. The molecule has 1 unspecified atom stereocenters. The first kappa shape index (κ1) is 16.6. The lowest BCUT2D eigenvalue weighted by atomic mass is 9.98. The van der Waals surface area contributed by atoms with Crippen LogP contribution in [0.15, 0.2) is 18.2 Å². The number of primary amides is 1. The second kappa shape index (κ2) is 8.03. The van der Waals surface area contributed by atoms with E-state index in [1.165, 1.54) is 18.4 Å². The van der Waals surface area contributed by atoms with Crippen LogP contribution in [-0.2, 0) is 11.2 Å². The Balaban J connectivity index is 1.97. The summed E-state index contributed by atoms with van der Waals surface area (Å²) < 4.78 is 10.6. The summed E-state index contributed by atoms with van der Waals surface area (Å²) >= 11 is 0. The average Bonchev–Trinajstić information content (AvgIpc) is 2.53. The van der Waals surface area contributed by atoms with E-state index in [0.29, 0.717) is 12.5 Å². The number of rotatable bonds is 7. The molecule has 1 aliphatic rings. The van der Waals surface area contributed by atoms with Gasteiger partial charge in [0.25, 0.3) is 0 Å². The highest BCUT2D eigenvalue weighted by atomic mass is 16.5. The van der Waals surface area contributed by atoms with E-state index in [1.807, 2.05) is 12.1 Å². The highest BCUT2D eigenvalue weighted by Gasteiger charge is 2.23. The van der Waals surface area contributed by atoms with Crippen molar-refractivity contribution >= 4 is 5.91 Å². The molecule has 122 valence electrons. The highest BCUT2D eigenvalue weighted by molar-refractivity contribution is 5.74. The molecule has 1 aromatic rings. The van der Waals surface area contributed by atoms with Crippen molar-refractivity contribution in [1.82, 2.24) is 4.90 Å². The minimum absolute atomic E-state index is 0.206. The maximum absolute atomic E-state index is 11.2. The lowest BCUT2D eigenvalue weighted by Gasteiger charge is -2.35. The molecule has 0 bridgehead atoms. The highest BCUT2D eigenvalue weighted by Crippen LogP contribution is 2.28. The largest absolute Gasteiger partial charge is 0.493 e. The molecule has 5 nitrogen and oxygen atoms in total. The van der Waals surface area contributed by atoms with E-state index in [9.17, 15) is 4.79 Å². The van der Waals surface area contributed by atoms with Crippen LogP contribution < -0.4 is 15.2 Å². The number of likely N-dealkylation sites (tertiary alicyclic amines) is 1. The normalized spacial score (nSPS) is 18.9. The minimum atomic E-state index is -0.206. The van der Waals surface area contributed by atoms with Gasteiger partial charge in [-0.15, -0.1) is 0 Å². The van der Waals surface area contributed by atoms with E-state index in [1.54, 1.807) is 14.2 Å². The van der Waals surface area contributed by atoms with Gasteiger partial charge in [-0.05, 0) is 43.5 Å². The van der Waals surface area contributed by atoms with Crippen LogP contribution in [0.4, 0.5) is 0 Å². The van der Waals surface area contributed by atoms with Gasteiger partial charge in [0.1, 0.15) is 0 Å². The van der Waals surface area contributed by atoms with Gasteiger partial charge in [0, 0.05) is 19.0 Å². The molecule has 1 amide bonds. The summed E-state index contributed by atoms with van der Waals surface area (Å²) in [5.74, 6) is 1.30. The SMILES string of the molecule is COc1ccc(CCN2CCCCC2CC(N)=O)cc1OC. The van der Waals surface area contributed by atoms with Crippen LogP contribution in [-0.4, -0.2) is 44.2 Å². The first-order valence-electron chi connectivity index (χ1n) is 7.87. The van der Waals surface area contributed by atoms with Gasteiger partial charge < -0.3 is 15.2 Å². The molecule has 0 radical (unpaired) electrons. The van der Waals surface area contributed by atoms with E-state index in [-0.39, 0.29) is 5.91 Å². The molecule has 1 heterocycles. The van der Waals surface area contributed by atoms with Gasteiger partial charge in [0.15, 0.2) is 11.5 Å². The van der Waals surface area contributed by atoms with Gasteiger partial charge in [0.2, 0.25) is 5.91 Å². The Morgan fingerprint density at radius 3 is 2.73 bits per heavy atom. The average molecular weight is 306 g/mol. The topological polar surface area (TPSA) is 64.8 Å². The number of nitrogens with zero attached hydrogens (tertiary/aromatic N) is 1. The molecule has 2 rings (SSSR count). The fraction of sp³-hybridized carbons (Fsp3) is 0.588. The smallest absolute Gasteiger partial charge is 0.218 e. The molecule has 22 heavy (non-hydrogen) atoms. The zero-order valence-electron chi connectivity index (χ0n) is 13.5. The third-order valence-corrected chi connectivity index (χ3v) is 4.32. The molecule has 1 aliphatic heterocycles. The van der Waals surface area contributed by atoms with Crippen LogP contribution in [0.3, 0.4) is 0 Å². The van der Waals surface area contributed by atoms with E-state index in [0.717, 1.165) is 37.4 Å². The molecule has 1 saturated heterocycles. The summed E-state index contributed by atoms with van der Waals surface area (Å²) in [6.45, 7) is 1.98. The quantitative estimate of drug-likeness (QED) is 0.836. The maximum atomic E-state index is 11.2. The third kappa shape index (κ3) is 4.37. The number of methoxy groups -OCH3 is 2. The Bertz CT molecular complexity index is 505. The molecule has 1 fully saturated rings. The molecule has 0 aliphatic carbocycles. The molecule has 2 N–H and O–H groups in total. The van der Waals surface area contributed by atoms with Crippen molar-refractivity contribution in [2.45, 2.75) is 38.1 Å². The fourth-order valence-corrected chi connectivity index (χ4v) is 3.13. The molecule has 0 spiro atoms. The molecule has 1 aromatic carbocycles. The van der Waals surface area contributed by atoms with Crippen molar-refractivity contribution < 1.29 is 14.3 Å². The summed E-state index contributed by atoms with van der Waals surface area (Å²) in [7, 11) is 3.29. The number of hydrogen-bond donors (Lipinski definition) is 1. The Hall–Kier alpha value is -1.75. The predicted molar refractivity (Wildman–Crippen MR) is 86.3 cm³/mol. The molecule has 5 heteroatoms. The van der Waals surface area contributed by atoms with Crippen molar-refractivity contribution in [3.05, 3.63) is 23.8 Å². The minimum Gasteiger partial charge on any atom is -0.493 e. The first-order valence-corrected chi connectivity index (χ1v) is 7.87. The zero-order valence-corrected chi connectivity index (χ0v) is 13.5. The Labute approximate surface area is 132 Å². The fourth-order valence-electron chi connectivity index (χ4n) is 3.13. The second-order valence-electron chi connectivity index (χ2n) is 5.80. The molecular weight excluding hydrogens is 280 g/mol. The summed E-state index contributed by atoms with van der Waals surface area (Å²) in [5, 5.41) is 0. The van der Waals surface area contributed by atoms with Gasteiger partial charge in [-0.25, -0.2) is 0 Å². The Morgan fingerprint density at radius 1 is 1.27 bits per heavy atom. The monoisotopic (exact) mass is 306 g/mol. The van der Waals surface area contributed by atoms with Crippen molar-refractivity contribution in [1.29, 1.82) is 0 Å². The van der Waals surface area contributed by atoms with Gasteiger partial charge in [0.05, 0.1) is 14.2 Å². The van der Waals surface area contributed by atoms with E-state index in [4.69, 9.17) is 15.2 Å². The number of ether oxygens (including phenoxy) is 2. The number of carbonyl (C=O) groups is 1. The number of carbonyl (C=O) groups excluding carboxylic acids is 1. The Morgan fingerprint density at radius 2 is 2.05 bits per heavy atom. The number of hydrogen-bond acceptors (Lipinski definition) is 4. The van der Waals surface area contributed by atoms with Crippen LogP contribution in [0, 0.1) is 0 Å². The summed E-state index contributed by atoms with van der Waals surface area (Å²) in [4.78, 5) is 13.6. The van der Waals surface area contributed by atoms with Crippen LogP contribution >= 0.6 is 0 Å². The van der Waals surface area contributed by atoms with Gasteiger partial charge in [-0.2, -0.15) is 0 Å². The molecular formula is C17H26N2O3. The lowest BCUT2D eigenvalue weighted by molar-refractivity contribution is -0.119. The molecule has 0 saturated carbocycles. The van der Waals surface area contributed by atoms with Gasteiger partial charge in [-0.1, -0.05) is 12.5 Å². The van der Waals surface area contributed by atoms with Gasteiger partial charge >= 0.3 is 0 Å². The Kier molecular flexibility index (Phi) is 6.07. The zero-order chi connectivity index (χ0) is 15.9. The van der Waals surface area contributed by atoms with Crippen LogP contribution in [0.5, 0.6) is 11.5 Å². The summed E-state index contributed by atoms with van der Waals surface area (Å²) in [5.41, 5.74) is 6.58. The first-order chi connectivity index (χ1) is 10.6. The van der Waals surface area contributed by atoms with Crippen LogP contribution in [0.1, 0.15) is 31.2 Å². The van der Waals surface area contributed by atoms with E-state index in [2.05, 4.69) is 11.0 Å². The van der Waals surface area contributed by atoms with Crippen LogP contribution in [0.25, 0.3) is 0 Å². The molecule has 0 aromatic heterocycles. The second-order valence-corrected chi connectivity index (χ2v) is 5.80. The van der Waals surface area contributed by atoms with Crippen molar-refractivity contribution in [3.8, 4) is 11.5 Å². The van der Waals surface area contributed by atoms with Gasteiger partial charge in [-0.3, -0.25) is 9.69 Å². The van der Waals surface area contributed by atoms with Crippen molar-refractivity contribution in [2.24, 2.45) is 5.73 Å². The number of benzene rings is 1. The number of amides is 1. The lowest BCUT2D eigenvalue weighted by Crippen LogP contribution is -2.42. The number of nitrogens with two attached hydrogens (primary N) is 1.